The van der Waals surface area contributed by atoms with Crippen molar-refractivity contribution >= 4 is 5.91 Å². The smallest absolute Gasteiger partial charge is 0.255 e. The number of carbonyl (C=O) groups excluding carboxylic acids is 1. The van der Waals surface area contributed by atoms with Crippen LogP contribution < -0.4 is 15.8 Å². The standard InChI is InChI=1S/C14H22N2O2/c1-2-18-13-9-5-4-8-12(13)14(17)16-11-7-3-6-10-15/h4-5,8-9H,2-3,6-7,10-11,15H2,1H3,(H,16,17). The van der Waals surface area contributed by atoms with Gasteiger partial charge >= 0.3 is 0 Å². The number of amides is 1. The Morgan fingerprint density at radius 1 is 1.28 bits per heavy atom. The molecular weight excluding hydrogens is 228 g/mol. The highest BCUT2D eigenvalue weighted by Gasteiger charge is 2.10. The first-order valence-corrected chi connectivity index (χ1v) is 6.49. The monoisotopic (exact) mass is 250 g/mol. The second-order valence-corrected chi connectivity index (χ2v) is 4.03. The van der Waals surface area contributed by atoms with Crippen LogP contribution in [0.15, 0.2) is 24.3 Å². The van der Waals surface area contributed by atoms with Gasteiger partial charge in [0, 0.05) is 6.54 Å². The van der Waals surface area contributed by atoms with Crippen LogP contribution in [0.1, 0.15) is 36.5 Å². The lowest BCUT2D eigenvalue weighted by molar-refractivity contribution is 0.0949. The Morgan fingerprint density at radius 2 is 2.06 bits per heavy atom. The van der Waals surface area contributed by atoms with E-state index in [4.69, 9.17) is 10.5 Å². The van der Waals surface area contributed by atoms with Crippen LogP contribution in [0.3, 0.4) is 0 Å². The number of nitrogens with two attached hydrogens (primary N) is 1. The van der Waals surface area contributed by atoms with Crippen molar-refractivity contribution < 1.29 is 9.53 Å². The molecule has 0 unspecified atom stereocenters. The maximum atomic E-state index is 12.0. The minimum atomic E-state index is -0.0770. The Bertz CT molecular complexity index is 367. The van der Waals surface area contributed by atoms with Crippen LogP contribution in [0.5, 0.6) is 5.75 Å². The van der Waals surface area contributed by atoms with Gasteiger partial charge in [-0.05, 0) is 38.4 Å². The van der Waals surface area contributed by atoms with Crippen molar-refractivity contribution in [2.24, 2.45) is 5.73 Å². The average molecular weight is 250 g/mol. The molecule has 1 aromatic rings. The first kappa shape index (κ1) is 14.5. The first-order chi connectivity index (χ1) is 8.79. The predicted octanol–water partition coefficient (Wildman–Crippen LogP) is 1.94. The van der Waals surface area contributed by atoms with Gasteiger partial charge in [0.1, 0.15) is 5.75 Å². The summed E-state index contributed by atoms with van der Waals surface area (Å²) in [6, 6.07) is 7.29. The van der Waals surface area contributed by atoms with Crippen molar-refractivity contribution in [2.75, 3.05) is 19.7 Å². The van der Waals surface area contributed by atoms with E-state index < -0.39 is 0 Å². The van der Waals surface area contributed by atoms with Crippen LogP contribution in [-0.4, -0.2) is 25.6 Å². The molecule has 1 aromatic carbocycles. The van der Waals surface area contributed by atoms with Gasteiger partial charge in [-0.1, -0.05) is 18.6 Å². The average Bonchev–Trinajstić information content (AvgIpc) is 2.39. The number of para-hydroxylation sites is 1. The number of hydrogen-bond donors (Lipinski definition) is 2. The van der Waals surface area contributed by atoms with Crippen molar-refractivity contribution in [3.63, 3.8) is 0 Å². The number of carbonyl (C=O) groups is 1. The zero-order valence-corrected chi connectivity index (χ0v) is 10.9. The Balaban J connectivity index is 2.45. The molecule has 0 aliphatic carbocycles. The third kappa shape index (κ3) is 4.75. The molecule has 4 nitrogen and oxygen atoms in total. The maximum absolute atomic E-state index is 12.0. The van der Waals surface area contributed by atoms with Gasteiger partial charge in [-0.2, -0.15) is 0 Å². The van der Waals surface area contributed by atoms with Crippen LogP contribution >= 0.6 is 0 Å². The second kappa shape index (κ2) is 8.53. The van der Waals surface area contributed by atoms with Crippen LogP contribution in [-0.2, 0) is 0 Å². The van der Waals surface area contributed by atoms with Crippen molar-refractivity contribution in [2.45, 2.75) is 26.2 Å². The summed E-state index contributed by atoms with van der Waals surface area (Å²) in [5, 5.41) is 2.90. The van der Waals surface area contributed by atoms with Crippen molar-refractivity contribution in [1.29, 1.82) is 0 Å². The SMILES string of the molecule is CCOc1ccccc1C(=O)NCCCCCN. The van der Waals surface area contributed by atoms with E-state index in [0.717, 1.165) is 19.3 Å². The minimum Gasteiger partial charge on any atom is -0.493 e. The summed E-state index contributed by atoms with van der Waals surface area (Å²) in [6.45, 7) is 3.85. The Kier molecular flexibility index (Phi) is 6.87. The van der Waals surface area contributed by atoms with E-state index in [9.17, 15) is 4.79 Å². The predicted molar refractivity (Wildman–Crippen MR) is 72.8 cm³/mol. The highest BCUT2D eigenvalue weighted by Crippen LogP contribution is 2.17. The Morgan fingerprint density at radius 3 is 2.78 bits per heavy atom. The molecule has 1 amide bonds. The number of hydrogen-bond acceptors (Lipinski definition) is 3. The molecule has 3 N–H and O–H groups in total. The lowest BCUT2D eigenvalue weighted by atomic mass is 10.2. The van der Waals surface area contributed by atoms with Crippen molar-refractivity contribution in [3.05, 3.63) is 29.8 Å². The molecule has 0 saturated heterocycles. The van der Waals surface area contributed by atoms with Crippen molar-refractivity contribution in [3.8, 4) is 5.75 Å². The number of rotatable bonds is 8. The summed E-state index contributed by atoms with van der Waals surface area (Å²) in [7, 11) is 0. The van der Waals surface area contributed by atoms with E-state index in [0.29, 0.717) is 31.0 Å². The molecule has 0 aliphatic heterocycles. The zero-order chi connectivity index (χ0) is 13.2. The first-order valence-electron chi connectivity index (χ1n) is 6.49. The van der Waals surface area contributed by atoms with E-state index in [1.54, 1.807) is 6.07 Å². The summed E-state index contributed by atoms with van der Waals surface area (Å²) in [5.41, 5.74) is 6.01. The number of ether oxygens (including phenoxy) is 1. The fraction of sp³-hybridized carbons (Fsp3) is 0.500. The lowest BCUT2D eigenvalue weighted by Gasteiger charge is -2.10. The molecule has 1 rings (SSSR count). The highest BCUT2D eigenvalue weighted by molar-refractivity contribution is 5.96. The molecule has 4 heteroatoms. The van der Waals surface area contributed by atoms with Gasteiger partial charge in [0.15, 0.2) is 0 Å². The summed E-state index contributed by atoms with van der Waals surface area (Å²) in [4.78, 5) is 12.0. The van der Waals surface area contributed by atoms with E-state index in [1.165, 1.54) is 0 Å². The molecule has 0 bridgehead atoms. The molecule has 0 fully saturated rings. The normalized spacial score (nSPS) is 10.1. The molecule has 0 spiro atoms. The van der Waals surface area contributed by atoms with Crippen LogP contribution in [0.4, 0.5) is 0 Å². The number of unbranched alkanes of at least 4 members (excludes halogenated alkanes) is 2. The largest absolute Gasteiger partial charge is 0.493 e. The minimum absolute atomic E-state index is 0.0770. The van der Waals surface area contributed by atoms with Crippen molar-refractivity contribution in [1.82, 2.24) is 5.32 Å². The molecule has 0 aromatic heterocycles. The molecule has 0 saturated carbocycles. The van der Waals surface area contributed by atoms with Gasteiger partial charge in [-0.15, -0.1) is 0 Å². The van der Waals surface area contributed by atoms with E-state index >= 15 is 0 Å². The topological polar surface area (TPSA) is 64.3 Å². The maximum Gasteiger partial charge on any atom is 0.255 e. The van der Waals surface area contributed by atoms with Crippen LogP contribution in [0.25, 0.3) is 0 Å². The van der Waals surface area contributed by atoms with Crippen LogP contribution in [0, 0.1) is 0 Å². The lowest BCUT2D eigenvalue weighted by Crippen LogP contribution is -2.25. The molecule has 0 atom stereocenters. The van der Waals surface area contributed by atoms with Gasteiger partial charge in [-0.25, -0.2) is 0 Å². The van der Waals surface area contributed by atoms with Gasteiger partial charge < -0.3 is 15.8 Å². The Hall–Kier alpha value is -1.55. The summed E-state index contributed by atoms with van der Waals surface area (Å²) < 4.78 is 5.43. The summed E-state index contributed by atoms with van der Waals surface area (Å²) >= 11 is 0. The third-order valence-corrected chi connectivity index (χ3v) is 2.60. The molecule has 18 heavy (non-hydrogen) atoms. The molecule has 0 heterocycles. The quantitative estimate of drug-likeness (QED) is 0.693. The van der Waals surface area contributed by atoms with E-state index in [1.807, 2.05) is 25.1 Å². The van der Waals surface area contributed by atoms with Gasteiger partial charge in [0.25, 0.3) is 5.91 Å². The van der Waals surface area contributed by atoms with Gasteiger partial charge in [-0.3, -0.25) is 4.79 Å². The fourth-order valence-electron chi connectivity index (χ4n) is 1.68. The fourth-order valence-corrected chi connectivity index (χ4v) is 1.68. The van der Waals surface area contributed by atoms with Gasteiger partial charge in [0.2, 0.25) is 0 Å². The molecule has 100 valence electrons. The van der Waals surface area contributed by atoms with E-state index in [-0.39, 0.29) is 5.91 Å². The zero-order valence-electron chi connectivity index (χ0n) is 10.9. The van der Waals surface area contributed by atoms with Gasteiger partial charge in [0.05, 0.1) is 12.2 Å². The van der Waals surface area contributed by atoms with E-state index in [2.05, 4.69) is 5.32 Å². The van der Waals surface area contributed by atoms with Crippen LogP contribution in [0.2, 0.25) is 0 Å². The number of nitrogens with one attached hydrogen (secondary N) is 1. The molecular formula is C14H22N2O2. The molecule has 0 aliphatic rings. The summed E-state index contributed by atoms with van der Waals surface area (Å²) in [5.74, 6) is 0.561. The Labute approximate surface area is 109 Å². The molecule has 0 radical (unpaired) electrons. The summed E-state index contributed by atoms with van der Waals surface area (Å²) in [6.07, 6.45) is 3.01. The number of benzene rings is 1. The third-order valence-electron chi connectivity index (χ3n) is 2.60. The second-order valence-electron chi connectivity index (χ2n) is 4.03. The highest BCUT2D eigenvalue weighted by atomic mass is 16.5.